The van der Waals surface area contributed by atoms with Crippen molar-refractivity contribution in [1.29, 1.82) is 0 Å². The van der Waals surface area contributed by atoms with Crippen molar-refractivity contribution in [2.75, 3.05) is 11.4 Å². The molecule has 0 saturated carbocycles. The van der Waals surface area contributed by atoms with Crippen molar-refractivity contribution in [3.05, 3.63) is 64.1 Å². The number of H-pyrrole nitrogens is 1. The number of benzene rings is 1. The molecule has 0 unspecified atom stereocenters. The summed E-state index contributed by atoms with van der Waals surface area (Å²) in [5, 5.41) is 0. The fourth-order valence-electron chi connectivity index (χ4n) is 2.33. The van der Waals surface area contributed by atoms with E-state index in [9.17, 15) is 4.79 Å². The van der Waals surface area contributed by atoms with Crippen LogP contribution in [-0.4, -0.2) is 11.5 Å². The molecule has 1 aliphatic rings. The SMILES string of the molecule is O=c1cc2c(c[nH]1)CCN2Cc1ccccc1. The summed E-state index contributed by atoms with van der Waals surface area (Å²) < 4.78 is 0. The Morgan fingerprint density at radius 2 is 2.06 bits per heavy atom. The van der Waals surface area contributed by atoms with Gasteiger partial charge in [0.05, 0.1) is 0 Å². The first kappa shape index (κ1) is 10.1. The number of nitrogens with one attached hydrogen (secondary N) is 1. The van der Waals surface area contributed by atoms with Crippen molar-refractivity contribution in [2.24, 2.45) is 0 Å². The first-order chi connectivity index (χ1) is 8.33. The van der Waals surface area contributed by atoms with Gasteiger partial charge < -0.3 is 9.88 Å². The first-order valence-electron chi connectivity index (χ1n) is 5.83. The summed E-state index contributed by atoms with van der Waals surface area (Å²) in [6, 6.07) is 12.0. The Bertz CT molecular complexity index is 574. The van der Waals surface area contributed by atoms with Gasteiger partial charge in [-0.25, -0.2) is 0 Å². The van der Waals surface area contributed by atoms with Crippen LogP contribution < -0.4 is 10.5 Å². The first-order valence-corrected chi connectivity index (χ1v) is 5.83. The molecule has 3 heteroatoms. The zero-order chi connectivity index (χ0) is 11.7. The lowest BCUT2D eigenvalue weighted by Gasteiger charge is -2.18. The van der Waals surface area contributed by atoms with E-state index in [0.29, 0.717) is 0 Å². The van der Waals surface area contributed by atoms with Gasteiger partial charge in [-0.15, -0.1) is 0 Å². The van der Waals surface area contributed by atoms with E-state index in [1.807, 2.05) is 24.4 Å². The Kier molecular flexibility index (Phi) is 2.44. The second-order valence-corrected chi connectivity index (χ2v) is 4.36. The second kappa shape index (κ2) is 4.09. The quantitative estimate of drug-likeness (QED) is 0.849. The van der Waals surface area contributed by atoms with E-state index < -0.39 is 0 Å². The summed E-state index contributed by atoms with van der Waals surface area (Å²) >= 11 is 0. The number of pyridine rings is 1. The number of hydrogen-bond donors (Lipinski definition) is 1. The highest BCUT2D eigenvalue weighted by Crippen LogP contribution is 2.26. The molecule has 1 aromatic heterocycles. The molecule has 0 aliphatic carbocycles. The normalized spacial score (nSPS) is 13.8. The lowest BCUT2D eigenvalue weighted by molar-refractivity contribution is 0.836. The van der Waals surface area contributed by atoms with E-state index >= 15 is 0 Å². The van der Waals surface area contributed by atoms with Gasteiger partial charge >= 0.3 is 0 Å². The Morgan fingerprint density at radius 3 is 2.88 bits per heavy atom. The maximum Gasteiger partial charge on any atom is 0.250 e. The number of rotatable bonds is 2. The van der Waals surface area contributed by atoms with Crippen LogP contribution >= 0.6 is 0 Å². The van der Waals surface area contributed by atoms with E-state index in [-0.39, 0.29) is 5.56 Å². The van der Waals surface area contributed by atoms with Gasteiger partial charge in [-0.3, -0.25) is 4.79 Å². The molecule has 0 radical (unpaired) electrons. The largest absolute Gasteiger partial charge is 0.366 e. The topological polar surface area (TPSA) is 36.1 Å². The van der Waals surface area contributed by atoms with Crippen LogP contribution in [0.25, 0.3) is 0 Å². The van der Waals surface area contributed by atoms with Gasteiger partial charge in [-0.2, -0.15) is 0 Å². The van der Waals surface area contributed by atoms with E-state index in [1.54, 1.807) is 6.07 Å². The molecule has 0 amide bonds. The number of aromatic nitrogens is 1. The predicted molar refractivity (Wildman–Crippen MR) is 68.3 cm³/mol. The molecule has 1 aliphatic heterocycles. The summed E-state index contributed by atoms with van der Waals surface area (Å²) in [4.78, 5) is 16.3. The van der Waals surface area contributed by atoms with Gasteiger partial charge in [0.2, 0.25) is 5.56 Å². The fourth-order valence-corrected chi connectivity index (χ4v) is 2.33. The third kappa shape index (κ3) is 1.96. The van der Waals surface area contributed by atoms with Crippen LogP contribution in [0.2, 0.25) is 0 Å². The van der Waals surface area contributed by atoms with Crippen molar-refractivity contribution in [1.82, 2.24) is 4.98 Å². The summed E-state index contributed by atoms with van der Waals surface area (Å²) in [5.74, 6) is 0. The summed E-state index contributed by atoms with van der Waals surface area (Å²) in [7, 11) is 0. The van der Waals surface area contributed by atoms with Crippen molar-refractivity contribution in [2.45, 2.75) is 13.0 Å². The molecule has 1 aromatic carbocycles. The molecule has 0 fully saturated rings. The minimum atomic E-state index is -0.0243. The number of fused-ring (bicyclic) bond motifs is 1. The Morgan fingerprint density at radius 1 is 1.24 bits per heavy atom. The zero-order valence-electron chi connectivity index (χ0n) is 9.52. The Balaban J connectivity index is 1.89. The highest BCUT2D eigenvalue weighted by atomic mass is 16.1. The molecule has 86 valence electrons. The third-order valence-electron chi connectivity index (χ3n) is 3.19. The summed E-state index contributed by atoms with van der Waals surface area (Å²) in [5.41, 5.74) is 3.57. The lowest BCUT2D eigenvalue weighted by Crippen LogP contribution is -2.20. The molecular formula is C14H14N2O. The van der Waals surface area contributed by atoms with E-state index in [2.05, 4.69) is 22.0 Å². The van der Waals surface area contributed by atoms with Gasteiger partial charge in [0.15, 0.2) is 0 Å². The monoisotopic (exact) mass is 226 g/mol. The molecule has 2 heterocycles. The summed E-state index contributed by atoms with van der Waals surface area (Å²) in [6.45, 7) is 1.86. The van der Waals surface area contributed by atoms with Crippen LogP contribution in [0, 0.1) is 0 Å². The Labute approximate surface area is 99.7 Å². The van der Waals surface area contributed by atoms with E-state index in [0.717, 1.165) is 25.2 Å². The standard InChI is InChI=1S/C14H14N2O/c17-14-8-13-12(9-15-14)6-7-16(13)10-11-4-2-1-3-5-11/h1-5,8-9H,6-7,10H2,(H,15,17). The molecule has 0 bridgehead atoms. The number of aromatic amines is 1. The van der Waals surface area contributed by atoms with Crippen LogP contribution in [0.1, 0.15) is 11.1 Å². The molecule has 1 N–H and O–H groups in total. The second-order valence-electron chi connectivity index (χ2n) is 4.36. The van der Waals surface area contributed by atoms with Crippen LogP contribution in [0.4, 0.5) is 5.69 Å². The number of anilines is 1. The molecule has 2 aromatic rings. The van der Waals surface area contributed by atoms with Crippen LogP contribution in [0.5, 0.6) is 0 Å². The summed E-state index contributed by atoms with van der Waals surface area (Å²) in [6.07, 6.45) is 2.85. The van der Waals surface area contributed by atoms with Gasteiger partial charge in [0, 0.05) is 31.0 Å². The molecule has 3 rings (SSSR count). The zero-order valence-corrected chi connectivity index (χ0v) is 9.52. The van der Waals surface area contributed by atoms with Crippen LogP contribution in [0.3, 0.4) is 0 Å². The van der Waals surface area contributed by atoms with Crippen molar-refractivity contribution < 1.29 is 0 Å². The molecule has 17 heavy (non-hydrogen) atoms. The van der Waals surface area contributed by atoms with Crippen LogP contribution in [0.15, 0.2) is 47.4 Å². The molecule has 0 atom stereocenters. The van der Waals surface area contributed by atoms with Gasteiger partial charge in [-0.1, -0.05) is 30.3 Å². The number of hydrogen-bond acceptors (Lipinski definition) is 2. The van der Waals surface area contributed by atoms with E-state index in [1.165, 1.54) is 11.1 Å². The lowest BCUT2D eigenvalue weighted by atomic mass is 10.2. The highest BCUT2D eigenvalue weighted by Gasteiger charge is 2.19. The molecule has 0 saturated heterocycles. The highest BCUT2D eigenvalue weighted by molar-refractivity contribution is 5.56. The fraction of sp³-hybridized carbons (Fsp3) is 0.214. The van der Waals surface area contributed by atoms with E-state index in [4.69, 9.17) is 0 Å². The van der Waals surface area contributed by atoms with Crippen molar-refractivity contribution in [3.63, 3.8) is 0 Å². The van der Waals surface area contributed by atoms with Gasteiger partial charge in [-0.05, 0) is 17.5 Å². The molecular weight excluding hydrogens is 212 g/mol. The maximum absolute atomic E-state index is 11.3. The molecule has 0 spiro atoms. The third-order valence-corrected chi connectivity index (χ3v) is 3.19. The average Bonchev–Trinajstić information content (AvgIpc) is 2.73. The van der Waals surface area contributed by atoms with Crippen molar-refractivity contribution in [3.8, 4) is 0 Å². The minimum Gasteiger partial charge on any atom is -0.366 e. The van der Waals surface area contributed by atoms with Gasteiger partial charge in [0.1, 0.15) is 0 Å². The minimum absolute atomic E-state index is 0.0243. The Hall–Kier alpha value is -2.03. The van der Waals surface area contributed by atoms with Crippen LogP contribution in [-0.2, 0) is 13.0 Å². The average molecular weight is 226 g/mol. The van der Waals surface area contributed by atoms with Gasteiger partial charge in [0.25, 0.3) is 0 Å². The molecule has 3 nitrogen and oxygen atoms in total. The smallest absolute Gasteiger partial charge is 0.250 e. The number of nitrogens with zero attached hydrogens (tertiary/aromatic N) is 1. The maximum atomic E-state index is 11.3. The van der Waals surface area contributed by atoms with Crippen molar-refractivity contribution >= 4 is 5.69 Å². The predicted octanol–water partition coefficient (Wildman–Crippen LogP) is 1.94.